The number of fused-ring (bicyclic) bond motifs is 1. The van der Waals surface area contributed by atoms with Crippen LogP contribution >= 0.6 is 0 Å². The summed E-state index contributed by atoms with van der Waals surface area (Å²) in [7, 11) is 0. The van der Waals surface area contributed by atoms with Gasteiger partial charge >= 0.3 is 0 Å². The van der Waals surface area contributed by atoms with Gasteiger partial charge in [0.15, 0.2) is 0 Å². The summed E-state index contributed by atoms with van der Waals surface area (Å²) in [6.45, 7) is 4.93. The topological polar surface area (TPSA) is 63.8 Å². The third kappa shape index (κ3) is 2.71. The van der Waals surface area contributed by atoms with Crippen LogP contribution in [0.15, 0.2) is 30.5 Å². The van der Waals surface area contributed by atoms with Crippen LogP contribution in [0, 0.1) is 0 Å². The summed E-state index contributed by atoms with van der Waals surface area (Å²) in [5, 5.41) is 12.7. The molecular formula is C13H18N4. The lowest BCUT2D eigenvalue weighted by molar-refractivity contribution is 0.527. The van der Waals surface area contributed by atoms with E-state index in [4.69, 9.17) is 5.73 Å². The zero-order valence-corrected chi connectivity index (χ0v) is 10.3. The average molecular weight is 230 g/mol. The van der Waals surface area contributed by atoms with Gasteiger partial charge in [-0.15, -0.1) is 0 Å². The molecule has 0 atom stereocenters. The number of aromatic nitrogens is 2. The predicted octanol–water partition coefficient (Wildman–Crippen LogP) is 2.17. The molecule has 90 valence electrons. The van der Waals surface area contributed by atoms with E-state index in [1.54, 1.807) is 6.20 Å². The van der Waals surface area contributed by atoms with Crippen LogP contribution < -0.4 is 11.1 Å². The van der Waals surface area contributed by atoms with Crippen molar-refractivity contribution in [3.63, 3.8) is 0 Å². The summed E-state index contributed by atoms with van der Waals surface area (Å²) in [6.07, 6.45) is 2.67. The van der Waals surface area contributed by atoms with Crippen molar-refractivity contribution in [2.24, 2.45) is 5.73 Å². The number of hydrogen-bond donors (Lipinski definition) is 2. The van der Waals surface area contributed by atoms with Gasteiger partial charge in [0.2, 0.25) is 0 Å². The molecule has 0 aliphatic carbocycles. The minimum absolute atomic E-state index is 0.0411. The molecule has 1 aromatic heterocycles. The Kier molecular flexibility index (Phi) is 3.24. The summed E-state index contributed by atoms with van der Waals surface area (Å²) >= 11 is 0. The second-order valence-corrected chi connectivity index (χ2v) is 4.82. The van der Waals surface area contributed by atoms with E-state index >= 15 is 0 Å². The molecule has 0 aliphatic rings. The molecular weight excluding hydrogens is 212 g/mol. The van der Waals surface area contributed by atoms with E-state index in [9.17, 15) is 0 Å². The molecule has 0 bridgehead atoms. The lowest BCUT2D eigenvalue weighted by Crippen LogP contribution is -2.33. The maximum Gasteiger partial charge on any atom is 0.0950 e. The van der Waals surface area contributed by atoms with Gasteiger partial charge in [0.25, 0.3) is 0 Å². The minimum Gasteiger partial charge on any atom is -0.378 e. The maximum atomic E-state index is 5.61. The summed E-state index contributed by atoms with van der Waals surface area (Å²) in [5.41, 5.74) is 7.48. The molecule has 1 aromatic carbocycles. The predicted molar refractivity (Wildman–Crippen MR) is 70.9 cm³/mol. The Bertz CT molecular complexity index is 502. The lowest BCUT2D eigenvalue weighted by atomic mass is 10.00. The molecule has 0 fully saturated rings. The monoisotopic (exact) mass is 230 g/mol. The van der Waals surface area contributed by atoms with E-state index in [0.717, 1.165) is 23.0 Å². The average Bonchev–Trinajstić information content (AvgIpc) is 2.29. The Morgan fingerprint density at radius 1 is 1.29 bits per heavy atom. The van der Waals surface area contributed by atoms with E-state index in [0.29, 0.717) is 6.54 Å². The minimum atomic E-state index is -0.0411. The fourth-order valence-electron chi connectivity index (χ4n) is 1.89. The van der Waals surface area contributed by atoms with E-state index in [1.807, 2.05) is 24.3 Å². The number of nitrogens with zero attached hydrogens (tertiary/aromatic N) is 2. The van der Waals surface area contributed by atoms with Gasteiger partial charge in [0, 0.05) is 10.9 Å². The second kappa shape index (κ2) is 4.67. The fourth-order valence-corrected chi connectivity index (χ4v) is 1.89. The Hall–Kier alpha value is -1.68. The van der Waals surface area contributed by atoms with Gasteiger partial charge in [0.05, 0.1) is 17.4 Å². The molecule has 4 heteroatoms. The van der Waals surface area contributed by atoms with Gasteiger partial charge in [-0.2, -0.15) is 10.2 Å². The van der Waals surface area contributed by atoms with Crippen LogP contribution in [0.1, 0.15) is 20.3 Å². The SMILES string of the molecule is CC(C)(CCN)Nc1cnnc2ccccc12. The fraction of sp³-hybridized carbons (Fsp3) is 0.385. The van der Waals surface area contributed by atoms with Crippen LogP contribution in [-0.4, -0.2) is 22.3 Å². The molecule has 0 aliphatic heterocycles. The third-order valence-corrected chi connectivity index (χ3v) is 2.79. The number of hydrogen-bond acceptors (Lipinski definition) is 4. The zero-order chi connectivity index (χ0) is 12.3. The molecule has 0 saturated carbocycles. The van der Waals surface area contributed by atoms with Crippen molar-refractivity contribution in [1.82, 2.24) is 10.2 Å². The summed E-state index contributed by atoms with van der Waals surface area (Å²) in [6, 6.07) is 7.98. The molecule has 3 N–H and O–H groups in total. The molecule has 0 unspecified atom stereocenters. The second-order valence-electron chi connectivity index (χ2n) is 4.82. The molecule has 2 aromatic rings. The van der Waals surface area contributed by atoms with Gasteiger partial charge in [-0.1, -0.05) is 18.2 Å². The highest BCUT2D eigenvalue weighted by Crippen LogP contribution is 2.24. The first-order valence-corrected chi connectivity index (χ1v) is 5.81. The van der Waals surface area contributed by atoms with Gasteiger partial charge in [0.1, 0.15) is 0 Å². The van der Waals surface area contributed by atoms with Crippen LogP contribution in [0.5, 0.6) is 0 Å². The summed E-state index contributed by atoms with van der Waals surface area (Å²) < 4.78 is 0. The highest BCUT2D eigenvalue weighted by atomic mass is 15.1. The third-order valence-electron chi connectivity index (χ3n) is 2.79. The van der Waals surface area contributed by atoms with Crippen molar-refractivity contribution in [3.8, 4) is 0 Å². The first-order chi connectivity index (χ1) is 8.12. The number of nitrogens with two attached hydrogens (primary N) is 1. The van der Waals surface area contributed by atoms with E-state index in [2.05, 4.69) is 29.4 Å². The standard InChI is InChI=1S/C13H18N4/c1-13(2,7-8-14)16-12-9-15-17-11-6-4-3-5-10(11)12/h3-6,9H,7-8,14H2,1-2H3,(H,16,17). The first-order valence-electron chi connectivity index (χ1n) is 5.81. The van der Waals surface area contributed by atoms with Gasteiger partial charge in [-0.05, 0) is 32.9 Å². The lowest BCUT2D eigenvalue weighted by Gasteiger charge is -2.27. The van der Waals surface area contributed by atoms with Crippen molar-refractivity contribution < 1.29 is 0 Å². The van der Waals surface area contributed by atoms with E-state index < -0.39 is 0 Å². The number of anilines is 1. The van der Waals surface area contributed by atoms with E-state index in [1.165, 1.54) is 0 Å². The van der Waals surface area contributed by atoms with Gasteiger partial charge < -0.3 is 11.1 Å². The highest BCUT2D eigenvalue weighted by molar-refractivity contribution is 5.90. The van der Waals surface area contributed by atoms with Crippen LogP contribution in [-0.2, 0) is 0 Å². The zero-order valence-electron chi connectivity index (χ0n) is 10.3. The molecule has 0 amide bonds. The largest absolute Gasteiger partial charge is 0.378 e. The van der Waals surface area contributed by atoms with Crippen LogP contribution in [0.2, 0.25) is 0 Å². The van der Waals surface area contributed by atoms with Crippen LogP contribution in [0.4, 0.5) is 5.69 Å². The maximum absolute atomic E-state index is 5.61. The van der Waals surface area contributed by atoms with Crippen LogP contribution in [0.25, 0.3) is 10.9 Å². The molecule has 4 nitrogen and oxygen atoms in total. The molecule has 2 rings (SSSR count). The first kappa shape index (κ1) is 11.8. The smallest absolute Gasteiger partial charge is 0.0950 e. The Labute approximate surface area is 101 Å². The summed E-state index contributed by atoms with van der Waals surface area (Å²) in [4.78, 5) is 0. The number of nitrogens with one attached hydrogen (secondary N) is 1. The molecule has 17 heavy (non-hydrogen) atoms. The van der Waals surface area contributed by atoms with Gasteiger partial charge in [-0.25, -0.2) is 0 Å². The normalized spacial score (nSPS) is 11.7. The van der Waals surface area contributed by atoms with Crippen molar-refractivity contribution >= 4 is 16.6 Å². The summed E-state index contributed by atoms with van der Waals surface area (Å²) in [5.74, 6) is 0. The van der Waals surface area contributed by atoms with Gasteiger partial charge in [-0.3, -0.25) is 0 Å². The Balaban J connectivity index is 2.36. The Morgan fingerprint density at radius 2 is 2.06 bits per heavy atom. The van der Waals surface area contributed by atoms with Crippen molar-refractivity contribution in [2.75, 3.05) is 11.9 Å². The van der Waals surface area contributed by atoms with Crippen LogP contribution in [0.3, 0.4) is 0 Å². The molecule has 1 heterocycles. The molecule has 0 saturated heterocycles. The molecule has 0 spiro atoms. The highest BCUT2D eigenvalue weighted by Gasteiger charge is 2.17. The number of benzene rings is 1. The quantitative estimate of drug-likeness (QED) is 0.845. The molecule has 0 radical (unpaired) electrons. The Morgan fingerprint density at radius 3 is 2.82 bits per heavy atom. The van der Waals surface area contributed by atoms with Crippen molar-refractivity contribution in [1.29, 1.82) is 0 Å². The van der Waals surface area contributed by atoms with E-state index in [-0.39, 0.29) is 5.54 Å². The van der Waals surface area contributed by atoms with Crippen molar-refractivity contribution in [2.45, 2.75) is 25.8 Å². The number of rotatable bonds is 4. The van der Waals surface area contributed by atoms with Crippen molar-refractivity contribution in [3.05, 3.63) is 30.5 Å².